The van der Waals surface area contributed by atoms with Gasteiger partial charge in [0.2, 0.25) is 0 Å². The maximum absolute atomic E-state index is 12.4. The SMILES string of the molecule is Cc1ccc(Cn2nc(C)c(/C=C/C(=O)c3ccc(OCC#N)cc3)c2Cl)cc1. The highest BCUT2D eigenvalue weighted by molar-refractivity contribution is 6.31. The number of nitrogens with zero attached hydrogens (tertiary/aromatic N) is 3. The largest absolute Gasteiger partial charge is 0.479 e. The Labute approximate surface area is 174 Å². The van der Waals surface area contributed by atoms with Crippen molar-refractivity contribution in [2.75, 3.05) is 6.61 Å². The van der Waals surface area contributed by atoms with Gasteiger partial charge in [-0.1, -0.05) is 41.4 Å². The summed E-state index contributed by atoms with van der Waals surface area (Å²) in [7, 11) is 0. The number of halogens is 1. The monoisotopic (exact) mass is 405 g/mol. The van der Waals surface area contributed by atoms with E-state index in [4.69, 9.17) is 21.6 Å². The van der Waals surface area contributed by atoms with E-state index in [0.717, 1.165) is 16.8 Å². The normalized spacial score (nSPS) is 10.8. The van der Waals surface area contributed by atoms with E-state index in [1.807, 2.05) is 32.0 Å². The van der Waals surface area contributed by atoms with Crippen LogP contribution in [0.3, 0.4) is 0 Å². The van der Waals surface area contributed by atoms with Crippen LogP contribution >= 0.6 is 11.6 Å². The minimum Gasteiger partial charge on any atom is -0.479 e. The molecule has 0 saturated heterocycles. The Morgan fingerprint density at radius 1 is 1.17 bits per heavy atom. The molecule has 0 fully saturated rings. The number of aromatic nitrogens is 2. The fourth-order valence-electron chi connectivity index (χ4n) is 2.81. The first kappa shape index (κ1) is 20.4. The summed E-state index contributed by atoms with van der Waals surface area (Å²) in [6.07, 6.45) is 3.18. The van der Waals surface area contributed by atoms with E-state index >= 15 is 0 Å². The minimum absolute atomic E-state index is 0.0302. The topological polar surface area (TPSA) is 67.9 Å². The van der Waals surface area contributed by atoms with Gasteiger partial charge in [0.1, 0.15) is 17.0 Å². The molecule has 3 rings (SSSR count). The van der Waals surface area contributed by atoms with Crippen LogP contribution in [0.5, 0.6) is 5.75 Å². The van der Waals surface area contributed by atoms with Crippen LogP contribution in [0, 0.1) is 25.2 Å². The minimum atomic E-state index is -0.154. The van der Waals surface area contributed by atoms with E-state index in [2.05, 4.69) is 17.2 Å². The maximum Gasteiger partial charge on any atom is 0.185 e. The molecule has 29 heavy (non-hydrogen) atoms. The number of ether oxygens (including phenoxy) is 1. The van der Waals surface area contributed by atoms with Crippen molar-refractivity contribution in [3.05, 3.63) is 87.7 Å². The summed E-state index contributed by atoms with van der Waals surface area (Å²) in [5.74, 6) is 0.391. The van der Waals surface area contributed by atoms with Gasteiger partial charge in [-0.25, -0.2) is 4.68 Å². The van der Waals surface area contributed by atoms with Gasteiger partial charge in [0.05, 0.1) is 12.2 Å². The zero-order chi connectivity index (χ0) is 20.8. The highest BCUT2D eigenvalue weighted by Crippen LogP contribution is 2.23. The smallest absolute Gasteiger partial charge is 0.185 e. The van der Waals surface area contributed by atoms with E-state index in [1.165, 1.54) is 11.6 Å². The van der Waals surface area contributed by atoms with E-state index in [0.29, 0.717) is 23.0 Å². The van der Waals surface area contributed by atoms with Gasteiger partial charge in [-0.3, -0.25) is 4.79 Å². The third kappa shape index (κ3) is 5.13. The molecule has 3 aromatic rings. The van der Waals surface area contributed by atoms with E-state index in [-0.39, 0.29) is 12.4 Å². The summed E-state index contributed by atoms with van der Waals surface area (Å²) in [6, 6.07) is 16.7. The van der Waals surface area contributed by atoms with Gasteiger partial charge in [-0.15, -0.1) is 0 Å². The number of hydrogen-bond acceptors (Lipinski definition) is 4. The Hall–Kier alpha value is -3.36. The summed E-state index contributed by atoms with van der Waals surface area (Å²) in [5.41, 5.74) is 4.30. The van der Waals surface area contributed by atoms with Crippen LogP contribution in [0.1, 0.15) is 32.7 Å². The number of aryl methyl sites for hydroxylation is 2. The number of hydrogen-bond donors (Lipinski definition) is 0. The van der Waals surface area contributed by atoms with Crippen molar-refractivity contribution in [1.82, 2.24) is 9.78 Å². The molecule has 0 bridgehead atoms. The summed E-state index contributed by atoms with van der Waals surface area (Å²) in [4.78, 5) is 12.4. The Morgan fingerprint density at radius 3 is 2.52 bits per heavy atom. The summed E-state index contributed by atoms with van der Waals surface area (Å²) in [6.45, 7) is 4.44. The Kier molecular flexibility index (Phi) is 6.48. The van der Waals surface area contributed by atoms with Gasteiger partial charge in [-0.05, 0) is 55.8 Å². The number of carbonyl (C=O) groups excluding carboxylic acids is 1. The molecule has 0 radical (unpaired) electrons. The molecule has 5 nitrogen and oxygen atoms in total. The molecular weight excluding hydrogens is 386 g/mol. The van der Waals surface area contributed by atoms with Crippen molar-refractivity contribution in [1.29, 1.82) is 5.26 Å². The fourth-order valence-corrected chi connectivity index (χ4v) is 3.11. The number of carbonyl (C=O) groups is 1. The first-order valence-corrected chi connectivity index (χ1v) is 9.46. The highest BCUT2D eigenvalue weighted by atomic mass is 35.5. The molecule has 0 unspecified atom stereocenters. The van der Waals surface area contributed by atoms with Gasteiger partial charge in [0.25, 0.3) is 0 Å². The molecule has 0 aliphatic heterocycles. The van der Waals surface area contributed by atoms with E-state index in [9.17, 15) is 4.79 Å². The lowest BCUT2D eigenvalue weighted by Crippen LogP contribution is -2.02. The first-order valence-electron chi connectivity index (χ1n) is 9.08. The summed E-state index contributed by atoms with van der Waals surface area (Å²) < 4.78 is 6.92. The van der Waals surface area contributed by atoms with E-state index < -0.39 is 0 Å². The van der Waals surface area contributed by atoms with Crippen molar-refractivity contribution in [3.63, 3.8) is 0 Å². The average Bonchev–Trinajstić information content (AvgIpc) is 2.99. The molecule has 6 heteroatoms. The zero-order valence-corrected chi connectivity index (χ0v) is 17.0. The standard InChI is InChI=1S/C23H20ClN3O2/c1-16-3-5-18(6-4-16)15-27-23(24)21(17(2)26-27)11-12-22(28)19-7-9-20(10-8-19)29-14-13-25/h3-12H,14-15H2,1-2H3/b12-11+. The molecule has 0 amide bonds. The molecule has 0 N–H and O–H groups in total. The molecule has 1 aromatic heterocycles. The maximum atomic E-state index is 12.4. The van der Waals surface area contributed by atoms with Gasteiger partial charge in [0.15, 0.2) is 12.4 Å². The quantitative estimate of drug-likeness (QED) is 0.409. The van der Waals surface area contributed by atoms with Crippen molar-refractivity contribution >= 4 is 23.5 Å². The lowest BCUT2D eigenvalue weighted by molar-refractivity contribution is 0.104. The molecule has 0 spiro atoms. The van der Waals surface area contributed by atoms with Gasteiger partial charge >= 0.3 is 0 Å². The molecular formula is C23H20ClN3O2. The lowest BCUT2D eigenvalue weighted by atomic mass is 10.1. The second kappa shape index (κ2) is 9.22. The number of nitriles is 1. The number of ketones is 1. The Balaban J connectivity index is 1.73. The molecule has 2 aromatic carbocycles. The fraction of sp³-hybridized carbons (Fsp3) is 0.174. The molecule has 0 aliphatic carbocycles. The highest BCUT2D eigenvalue weighted by Gasteiger charge is 2.12. The third-order valence-corrected chi connectivity index (χ3v) is 4.80. The second-order valence-electron chi connectivity index (χ2n) is 6.60. The van der Waals surface area contributed by atoms with Crippen molar-refractivity contribution in [2.24, 2.45) is 0 Å². The summed E-state index contributed by atoms with van der Waals surface area (Å²) in [5, 5.41) is 13.5. The van der Waals surface area contributed by atoms with Crippen LogP contribution in [0.4, 0.5) is 0 Å². The second-order valence-corrected chi connectivity index (χ2v) is 6.96. The van der Waals surface area contributed by atoms with Crippen LogP contribution < -0.4 is 4.74 Å². The van der Waals surface area contributed by atoms with Gasteiger partial charge in [0, 0.05) is 11.1 Å². The van der Waals surface area contributed by atoms with E-state index in [1.54, 1.807) is 35.0 Å². The molecule has 0 aliphatic rings. The molecule has 146 valence electrons. The Bertz CT molecular complexity index is 1080. The number of allylic oxidation sites excluding steroid dienone is 1. The predicted octanol–water partition coefficient (Wildman–Crippen LogP) is 5.00. The third-order valence-electron chi connectivity index (χ3n) is 4.41. The molecule has 0 saturated carbocycles. The molecule has 0 atom stereocenters. The van der Waals surface area contributed by atoms with Gasteiger partial charge < -0.3 is 4.74 Å². The van der Waals surface area contributed by atoms with Crippen LogP contribution in [0.25, 0.3) is 6.08 Å². The van der Waals surface area contributed by atoms with Gasteiger partial charge in [-0.2, -0.15) is 10.4 Å². The molecule has 1 heterocycles. The average molecular weight is 406 g/mol. The Morgan fingerprint density at radius 2 is 1.86 bits per heavy atom. The summed E-state index contributed by atoms with van der Waals surface area (Å²) >= 11 is 6.50. The zero-order valence-electron chi connectivity index (χ0n) is 16.2. The van der Waals surface area contributed by atoms with Crippen molar-refractivity contribution < 1.29 is 9.53 Å². The van der Waals surface area contributed by atoms with Crippen LogP contribution in [0.2, 0.25) is 5.15 Å². The van der Waals surface area contributed by atoms with Crippen molar-refractivity contribution in [2.45, 2.75) is 20.4 Å². The van der Waals surface area contributed by atoms with Crippen LogP contribution in [-0.2, 0) is 6.54 Å². The lowest BCUT2D eigenvalue weighted by Gasteiger charge is -2.04. The predicted molar refractivity (Wildman–Crippen MR) is 113 cm³/mol. The van der Waals surface area contributed by atoms with Crippen molar-refractivity contribution in [3.8, 4) is 11.8 Å². The van der Waals surface area contributed by atoms with Crippen LogP contribution in [-0.4, -0.2) is 22.2 Å². The number of benzene rings is 2. The first-order chi connectivity index (χ1) is 14.0. The van der Waals surface area contributed by atoms with Crippen LogP contribution in [0.15, 0.2) is 54.6 Å². The number of rotatable bonds is 7.